The van der Waals surface area contributed by atoms with Crippen LogP contribution in [0, 0.1) is 0 Å². The molecule has 2 fully saturated rings. The van der Waals surface area contributed by atoms with E-state index < -0.39 is 0 Å². The molecule has 0 spiro atoms. The average Bonchev–Trinajstić information content (AvgIpc) is 2.92. The van der Waals surface area contributed by atoms with Crippen LogP contribution in [0.1, 0.15) is 53.4 Å². The van der Waals surface area contributed by atoms with E-state index in [-0.39, 0.29) is 5.54 Å². The molecule has 2 aliphatic heterocycles. The van der Waals surface area contributed by atoms with E-state index in [0.29, 0.717) is 18.2 Å². The molecule has 0 saturated carbocycles. The largest absolute Gasteiger partial charge is 0.377 e. The maximum Gasteiger partial charge on any atom is 0.0728 e. The average molecular weight is 254 g/mol. The highest BCUT2D eigenvalue weighted by atomic mass is 16.5. The molecule has 0 amide bonds. The van der Waals surface area contributed by atoms with E-state index in [1.165, 1.54) is 25.7 Å². The standard InChI is InChI=1S/C15H30N2O/c1-5-13-10-16-15(4,6-2)11-17(13)12(3)14-8-7-9-18-14/h12-14,16H,5-11H2,1-4H3. The molecule has 18 heavy (non-hydrogen) atoms. The van der Waals surface area contributed by atoms with Crippen molar-refractivity contribution in [3.05, 3.63) is 0 Å². The molecule has 0 aliphatic carbocycles. The van der Waals surface area contributed by atoms with E-state index >= 15 is 0 Å². The summed E-state index contributed by atoms with van der Waals surface area (Å²) in [6.45, 7) is 12.5. The fourth-order valence-electron chi connectivity index (χ4n) is 3.36. The topological polar surface area (TPSA) is 24.5 Å². The Bertz CT molecular complexity index is 265. The lowest BCUT2D eigenvalue weighted by Crippen LogP contribution is -2.65. The Balaban J connectivity index is 2.05. The third kappa shape index (κ3) is 2.89. The maximum absolute atomic E-state index is 5.90. The predicted octanol–water partition coefficient (Wildman–Crippen LogP) is 2.41. The van der Waals surface area contributed by atoms with Crippen molar-refractivity contribution in [2.75, 3.05) is 19.7 Å². The highest BCUT2D eigenvalue weighted by Crippen LogP contribution is 2.27. The second kappa shape index (κ2) is 5.89. The monoisotopic (exact) mass is 254 g/mol. The van der Waals surface area contributed by atoms with Crippen LogP contribution >= 0.6 is 0 Å². The Kier molecular flexibility index (Phi) is 4.68. The lowest BCUT2D eigenvalue weighted by atomic mass is 9.90. The van der Waals surface area contributed by atoms with Gasteiger partial charge in [-0.2, -0.15) is 0 Å². The number of hydrogen-bond donors (Lipinski definition) is 1. The van der Waals surface area contributed by atoms with E-state index in [0.717, 1.165) is 19.7 Å². The van der Waals surface area contributed by atoms with Gasteiger partial charge in [-0.05, 0) is 39.5 Å². The highest BCUT2D eigenvalue weighted by Gasteiger charge is 2.38. The van der Waals surface area contributed by atoms with Gasteiger partial charge >= 0.3 is 0 Å². The Morgan fingerprint density at radius 1 is 1.44 bits per heavy atom. The van der Waals surface area contributed by atoms with Gasteiger partial charge in [0.15, 0.2) is 0 Å². The van der Waals surface area contributed by atoms with Crippen LogP contribution in [0.15, 0.2) is 0 Å². The molecule has 0 bridgehead atoms. The number of piperazine rings is 1. The van der Waals surface area contributed by atoms with Crippen LogP contribution in [-0.2, 0) is 4.74 Å². The molecule has 2 saturated heterocycles. The Labute approximate surface area is 112 Å². The fraction of sp³-hybridized carbons (Fsp3) is 1.00. The lowest BCUT2D eigenvalue weighted by Gasteiger charge is -2.49. The predicted molar refractivity (Wildman–Crippen MR) is 75.9 cm³/mol. The summed E-state index contributed by atoms with van der Waals surface area (Å²) >= 11 is 0. The fourth-order valence-corrected chi connectivity index (χ4v) is 3.36. The Morgan fingerprint density at radius 3 is 2.78 bits per heavy atom. The first kappa shape index (κ1) is 14.3. The first-order valence-corrected chi connectivity index (χ1v) is 7.72. The van der Waals surface area contributed by atoms with Gasteiger partial charge in [-0.3, -0.25) is 4.90 Å². The zero-order valence-electron chi connectivity index (χ0n) is 12.5. The Morgan fingerprint density at radius 2 is 2.22 bits per heavy atom. The van der Waals surface area contributed by atoms with Gasteiger partial charge in [-0.25, -0.2) is 0 Å². The third-order valence-corrected chi connectivity index (χ3v) is 5.04. The summed E-state index contributed by atoms with van der Waals surface area (Å²) < 4.78 is 5.90. The number of nitrogens with one attached hydrogen (secondary N) is 1. The molecule has 0 aromatic heterocycles. The number of nitrogens with zero attached hydrogens (tertiary/aromatic N) is 1. The van der Waals surface area contributed by atoms with Gasteiger partial charge in [0.25, 0.3) is 0 Å². The second-order valence-electron chi connectivity index (χ2n) is 6.32. The summed E-state index contributed by atoms with van der Waals surface area (Å²) in [6.07, 6.45) is 5.35. The number of ether oxygens (including phenoxy) is 1. The molecule has 2 aliphatic rings. The van der Waals surface area contributed by atoms with Gasteiger partial charge in [0.1, 0.15) is 0 Å². The van der Waals surface area contributed by atoms with Crippen molar-refractivity contribution in [2.45, 2.75) is 77.1 Å². The van der Waals surface area contributed by atoms with Crippen LogP contribution in [0.4, 0.5) is 0 Å². The summed E-state index contributed by atoms with van der Waals surface area (Å²) in [5.41, 5.74) is 0.276. The first-order chi connectivity index (χ1) is 8.59. The molecular weight excluding hydrogens is 224 g/mol. The van der Waals surface area contributed by atoms with Gasteiger partial charge in [0.2, 0.25) is 0 Å². The van der Waals surface area contributed by atoms with E-state index in [2.05, 4.69) is 37.9 Å². The summed E-state index contributed by atoms with van der Waals surface area (Å²) in [4.78, 5) is 2.70. The SMILES string of the molecule is CCC1CNC(C)(CC)CN1C(C)C1CCCO1. The molecule has 106 valence electrons. The van der Waals surface area contributed by atoms with Crippen LogP contribution in [0.2, 0.25) is 0 Å². The lowest BCUT2D eigenvalue weighted by molar-refractivity contribution is -0.0198. The smallest absolute Gasteiger partial charge is 0.0728 e. The molecular formula is C15H30N2O. The normalized spacial score (nSPS) is 40.0. The van der Waals surface area contributed by atoms with Crippen molar-refractivity contribution in [1.29, 1.82) is 0 Å². The quantitative estimate of drug-likeness (QED) is 0.834. The van der Waals surface area contributed by atoms with Crippen molar-refractivity contribution in [1.82, 2.24) is 10.2 Å². The van der Waals surface area contributed by atoms with Gasteiger partial charge in [-0.1, -0.05) is 13.8 Å². The molecule has 0 radical (unpaired) electrons. The van der Waals surface area contributed by atoms with Crippen LogP contribution < -0.4 is 5.32 Å². The molecule has 0 aromatic rings. The minimum Gasteiger partial charge on any atom is -0.377 e. The molecule has 2 rings (SSSR count). The van der Waals surface area contributed by atoms with E-state index in [4.69, 9.17) is 4.74 Å². The molecule has 3 heteroatoms. The highest BCUT2D eigenvalue weighted by molar-refractivity contribution is 4.97. The zero-order valence-corrected chi connectivity index (χ0v) is 12.5. The van der Waals surface area contributed by atoms with Gasteiger partial charge in [-0.15, -0.1) is 0 Å². The summed E-state index contributed by atoms with van der Waals surface area (Å²) in [5, 5.41) is 3.74. The summed E-state index contributed by atoms with van der Waals surface area (Å²) in [5.74, 6) is 0. The van der Waals surface area contributed by atoms with Gasteiger partial charge in [0, 0.05) is 37.3 Å². The first-order valence-electron chi connectivity index (χ1n) is 7.72. The molecule has 0 aromatic carbocycles. The maximum atomic E-state index is 5.90. The van der Waals surface area contributed by atoms with Crippen molar-refractivity contribution < 1.29 is 4.74 Å². The van der Waals surface area contributed by atoms with Crippen molar-refractivity contribution in [3.8, 4) is 0 Å². The Hall–Kier alpha value is -0.120. The third-order valence-electron chi connectivity index (χ3n) is 5.04. The van der Waals surface area contributed by atoms with Crippen molar-refractivity contribution in [3.63, 3.8) is 0 Å². The minimum absolute atomic E-state index is 0.276. The van der Waals surface area contributed by atoms with Crippen molar-refractivity contribution in [2.24, 2.45) is 0 Å². The molecule has 2 heterocycles. The van der Waals surface area contributed by atoms with Crippen LogP contribution in [-0.4, -0.2) is 48.3 Å². The van der Waals surface area contributed by atoms with E-state index in [1.807, 2.05) is 0 Å². The molecule has 3 nitrogen and oxygen atoms in total. The number of hydrogen-bond acceptors (Lipinski definition) is 3. The van der Waals surface area contributed by atoms with E-state index in [1.54, 1.807) is 0 Å². The van der Waals surface area contributed by atoms with Gasteiger partial charge < -0.3 is 10.1 Å². The van der Waals surface area contributed by atoms with Gasteiger partial charge in [0.05, 0.1) is 6.10 Å². The van der Waals surface area contributed by atoms with Crippen LogP contribution in [0.25, 0.3) is 0 Å². The van der Waals surface area contributed by atoms with E-state index in [9.17, 15) is 0 Å². The number of rotatable bonds is 4. The van der Waals surface area contributed by atoms with Crippen LogP contribution in [0.3, 0.4) is 0 Å². The molecule has 1 N–H and O–H groups in total. The second-order valence-corrected chi connectivity index (χ2v) is 6.32. The van der Waals surface area contributed by atoms with Crippen molar-refractivity contribution >= 4 is 0 Å². The van der Waals surface area contributed by atoms with Crippen LogP contribution in [0.5, 0.6) is 0 Å². The minimum atomic E-state index is 0.276. The molecule has 4 unspecified atom stereocenters. The summed E-state index contributed by atoms with van der Waals surface area (Å²) in [7, 11) is 0. The molecule has 4 atom stereocenters. The zero-order chi connectivity index (χ0) is 13.2. The summed E-state index contributed by atoms with van der Waals surface area (Å²) in [6, 6.07) is 1.23.